The van der Waals surface area contributed by atoms with E-state index in [0.717, 1.165) is 21.8 Å². The van der Waals surface area contributed by atoms with Crippen LogP contribution in [0.4, 0.5) is 5.69 Å². The van der Waals surface area contributed by atoms with Crippen LogP contribution in [0.1, 0.15) is 48.0 Å². The smallest absolute Gasteiger partial charge is 0.234 e. The summed E-state index contributed by atoms with van der Waals surface area (Å²) in [6, 6.07) is 15.0. The molecule has 0 spiro atoms. The van der Waals surface area contributed by atoms with Gasteiger partial charge in [-0.3, -0.25) is 9.59 Å². The molecular weight excluding hydrogens is 434 g/mol. The predicted molar refractivity (Wildman–Crippen MR) is 131 cm³/mol. The van der Waals surface area contributed by atoms with Crippen LogP contribution in [0.3, 0.4) is 0 Å². The molecule has 0 fully saturated rings. The topological polar surface area (TPSA) is 81.2 Å². The maximum Gasteiger partial charge on any atom is 0.234 e. The van der Waals surface area contributed by atoms with Crippen LogP contribution in [-0.2, 0) is 22.6 Å². The first-order valence-corrected chi connectivity index (χ1v) is 11.8. The number of anilines is 1. The number of ketones is 1. The van der Waals surface area contributed by atoms with Crippen molar-refractivity contribution in [2.75, 3.05) is 11.1 Å². The fourth-order valence-corrected chi connectivity index (χ4v) is 4.43. The summed E-state index contributed by atoms with van der Waals surface area (Å²) in [5, 5.41) is 3.65. The number of aromatic nitrogens is 2. The molecule has 1 aromatic heterocycles. The van der Waals surface area contributed by atoms with Gasteiger partial charge in [-0.1, -0.05) is 41.6 Å². The van der Waals surface area contributed by atoms with Crippen LogP contribution in [0.25, 0.3) is 11.4 Å². The van der Waals surface area contributed by atoms with Crippen LogP contribution in [0.5, 0.6) is 0 Å². The van der Waals surface area contributed by atoms with Gasteiger partial charge in [0.05, 0.1) is 23.7 Å². The second kappa shape index (κ2) is 9.45. The van der Waals surface area contributed by atoms with E-state index in [2.05, 4.69) is 19.2 Å². The van der Waals surface area contributed by atoms with E-state index in [9.17, 15) is 9.59 Å². The highest BCUT2D eigenvalue weighted by molar-refractivity contribution is 8.00. The molecule has 1 aliphatic heterocycles. The Morgan fingerprint density at radius 3 is 2.42 bits per heavy atom. The average Bonchev–Trinajstić information content (AvgIpc) is 2.77. The van der Waals surface area contributed by atoms with E-state index in [4.69, 9.17) is 14.7 Å². The molecule has 6 nitrogen and oxygen atoms in total. The Bertz CT molecular complexity index is 1190. The third-order valence-corrected chi connectivity index (χ3v) is 6.50. The first kappa shape index (κ1) is 23.1. The largest absolute Gasteiger partial charge is 0.370 e. The minimum Gasteiger partial charge on any atom is -0.370 e. The molecule has 1 amide bonds. The number of hydrogen-bond acceptors (Lipinski definition) is 6. The SMILES string of the molecule is CC(=O)c1ccc(NC(=O)CSc2nc(-c3ccc(C)cc3)nc3c2COC(C)(C)C3)cc1. The van der Waals surface area contributed by atoms with Crippen molar-refractivity contribution in [3.63, 3.8) is 0 Å². The highest BCUT2D eigenvalue weighted by atomic mass is 32.2. The van der Waals surface area contributed by atoms with Gasteiger partial charge in [0.15, 0.2) is 11.6 Å². The molecule has 2 heterocycles. The highest BCUT2D eigenvalue weighted by Crippen LogP contribution is 2.34. The molecule has 1 aliphatic rings. The summed E-state index contributed by atoms with van der Waals surface area (Å²) in [5.41, 5.74) is 5.02. The summed E-state index contributed by atoms with van der Waals surface area (Å²) in [6.07, 6.45) is 0.686. The number of thioether (sulfide) groups is 1. The van der Waals surface area contributed by atoms with E-state index in [1.807, 2.05) is 31.2 Å². The minimum absolute atomic E-state index is 0.00764. The second-order valence-electron chi connectivity index (χ2n) is 8.84. The minimum atomic E-state index is -0.294. The molecule has 2 aromatic carbocycles. The van der Waals surface area contributed by atoms with Gasteiger partial charge in [-0.05, 0) is 52.0 Å². The Labute approximate surface area is 198 Å². The van der Waals surface area contributed by atoms with Crippen molar-refractivity contribution in [3.05, 3.63) is 70.9 Å². The molecule has 3 aromatic rings. The summed E-state index contributed by atoms with van der Waals surface area (Å²) in [6.45, 7) is 8.10. The first-order valence-electron chi connectivity index (χ1n) is 10.8. The molecule has 0 unspecified atom stereocenters. The maximum atomic E-state index is 12.6. The van der Waals surface area contributed by atoms with Crippen LogP contribution < -0.4 is 5.32 Å². The molecule has 0 saturated carbocycles. The van der Waals surface area contributed by atoms with Crippen LogP contribution >= 0.6 is 11.8 Å². The highest BCUT2D eigenvalue weighted by Gasteiger charge is 2.30. The summed E-state index contributed by atoms with van der Waals surface area (Å²) in [7, 11) is 0. The van der Waals surface area contributed by atoms with Crippen molar-refractivity contribution in [2.24, 2.45) is 0 Å². The Morgan fingerprint density at radius 1 is 1.06 bits per heavy atom. The number of rotatable bonds is 6. The number of amides is 1. The van der Waals surface area contributed by atoms with Gasteiger partial charge in [0.2, 0.25) is 5.91 Å². The number of carbonyl (C=O) groups excluding carboxylic acids is 2. The number of aryl methyl sites for hydroxylation is 1. The molecular formula is C26H27N3O3S. The number of benzene rings is 2. The van der Waals surface area contributed by atoms with Crippen LogP contribution in [0.15, 0.2) is 53.6 Å². The molecule has 7 heteroatoms. The molecule has 0 saturated heterocycles. The first-order chi connectivity index (χ1) is 15.7. The molecule has 170 valence electrons. The van der Waals surface area contributed by atoms with Gasteiger partial charge in [-0.2, -0.15) is 0 Å². The van der Waals surface area contributed by atoms with Crippen LogP contribution in [0.2, 0.25) is 0 Å². The number of fused-ring (bicyclic) bond motifs is 1. The molecule has 4 rings (SSSR count). The molecule has 0 bridgehead atoms. The Balaban J connectivity index is 1.54. The fourth-order valence-electron chi connectivity index (χ4n) is 3.59. The Hall–Kier alpha value is -3.03. The van der Waals surface area contributed by atoms with Gasteiger partial charge in [0, 0.05) is 28.8 Å². The van der Waals surface area contributed by atoms with Gasteiger partial charge in [0.25, 0.3) is 0 Å². The fraction of sp³-hybridized carbons (Fsp3) is 0.308. The number of ether oxygens (including phenoxy) is 1. The zero-order valence-corrected chi connectivity index (χ0v) is 20.1. The lowest BCUT2D eigenvalue weighted by molar-refractivity contribution is -0.113. The molecule has 0 aliphatic carbocycles. The van der Waals surface area contributed by atoms with Crippen LogP contribution in [-0.4, -0.2) is 33.0 Å². The Kier molecular flexibility index (Phi) is 6.63. The number of hydrogen-bond donors (Lipinski definition) is 1. The maximum absolute atomic E-state index is 12.6. The van der Waals surface area contributed by atoms with Gasteiger partial charge in [0.1, 0.15) is 5.03 Å². The quantitative estimate of drug-likeness (QED) is 0.307. The standard InChI is InChI=1S/C26H27N3O3S/c1-16-5-7-19(8-6-16)24-28-22-13-26(3,4)32-14-21(22)25(29-24)33-15-23(31)27-20-11-9-18(10-12-20)17(2)30/h5-12H,13-15H2,1-4H3,(H,27,31). The normalized spacial score (nSPS) is 14.4. The van der Waals surface area contributed by atoms with Gasteiger partial charge < -0.3 is 10.1 Å². The molecule has 0 atom stereocenters. The van der Waals surface area contributed by atoms with E-state index in [-0.39, 0.29) is 23.0 Å². The van der Waals surface area contributed by atoms with E-state index in [1.165, 1.54) is 24.2 Å². The van der Waals surface area contributed by atoms with Crippen LogP contribution in [0, 0.1) is 6.92 Å². The van der Waals surface area contributed by atoms with E-state index in [0.29, 0.717) is 30.1 Å². The lowest BCUT2D eigenvalue weighted by Gasteiger charge is -2.32. The van der Waals surface area contributed by atoms with Crippen molar-refractivity contribution in [2.45, 2.75) is 51.3 Å². The van der Waals surface area contributed by atoms with E-state index < -0.39 is 0 Å². The van der Waals surface area contributed by atoms with E-state index >= 15 is 0 Å². The lowest BCUT2D eigenvalue weighted by atomic mass is 9.96. The summed E-state index contributed by atoms with van der Waals surface area (Å²) in [5.74, 6) is 0.715. The van der Waals surface area contributed by atoms with Gasteiger partial charge in [-0.25, -0.2) is 9.97 Å². The van der Waals surface area contributed by atoms with Gasteiger partial charge >= 0.3 is 0 Å². The van der Waals surface area contributed by atoms with Crippen molar-refractivity contribution in [1.82, 2.24) is 9.97 Å². The third-order valence-electron chi connectivity index (χ3n) is 5.48. The van der Waals surface area contributed by atoms with Crippen molar-refractivity contribution in [3.8, 4) is 11.4 Å². The zero-order valence-electron chi connectivity index (χ0n) is 19.3. The molecule has 33 heavy (non-hydrogen) atoms. The zero-order chi connectivity index (χ0) is 23.6. The predicted octanol–water partition coefficient (Wildman–Crippen LogP) is 5.24. The lowest BCUT2D eigenvalue weighted by Crippen LogP contribution is -2.33. The number of nitrogens with zero attached hydrogens (tertiary/aromatic N) is 2. The average molecular weight is 462 g/mol. The number of Topliss-reactive ketones (excluding diaryl/α,β-unsaturated/α-hetero) is 1. The van der Waals surface area contributed by atoms with Crippen molar-refractivity contribution in [1.29, 1.82) is 0 Å². The van der Waals surface area contributed by atoms with Crippen molar-refractivity contribution >= 4 is 29.1 Å². The molecule has 0 radical (unpaired) electrons. The number of nitrogens with one attached hydrogen (secondary N) is 1. The summed E-state index contributed by atoms with van der Waals surface area (Å²) >= 11 is 1.39. The Morgan fingerprint density at radius 2 is 1.76 bits per heavy atom. The monoisotopic (exact) mass is 461 g/mol. The van der Waals surface area contributed by atoms with E-state index in [1.54, 1.807) is 24.3 Å². The summed E-state index contributed by atoms with van der Waals surface area (Å²) in [4.78, 5) is 33.7. The second-order valence-corrected chi connectivity index (χ2v) is 9.80. The van der Waals surface area contributed by atoms with Crippen molar-refractivity contribution < 1.29 is 14.3 Å². The van der Waals surface area contributed by atoms with Gasteiger partial charge in [-0.15, -0.1) is 0 Å². The molecule has 1 N–H and O–H groups in total. The number of carbonyl (C=O) groups is 2. The third kappa shape index (κ3) is 5.67. The summed E-state index contributed by atoms with van der Waals surface area (Å²) < 4.78 is 6.01.